The van der Waals surface area contributed by atoms with Crippen LogP contribution >= 0.6 is 0 Å². The summed E-state index contributed by atoms with van der Waals surface area (Å²) in [6, 6.07) is 25.4. The van der Waals surface area contributed by atoms with Gasteiger partial charge < -0.3 is 19.5 Å². The maximum atomic E-state index is 10.8. The van der Waals surface area contributed by atoms with E-state index in [2.05, 4.69) is 5.32 Å². The zero-order chi connectivity index (χ0) is 19.8. The first kappa shape index (κ1) is 19.5. The predicted molar refractivity (Wildman–Crippen MR) is 107 cm³/mol. The standard InChI is InChI=1S/C23H23NO4/c1-26-21-12-8-19(9-13-21)23(28-17-24-16-25,18-6-4-3-5-7-18)20-10-14-22(27-2)15-11-20/h3-16H,17H2,1-2H3,(H,24,25). The van der Waals surface area contributed by atoms with Crippen LogP contribution in [-0.4, -0.2) is 27.4 Å². The molecule has 0 fully saturated rings. The zero-order valence-corrected chi connectivity index (χ0v) is 15.9. The van der Waals surface area contributed by atoms with Gasteiger partial charge in [0, 0.05) is 0 Å². The minimum absolute atomic E-state index is 0.0520. The predicted octanol–water partition coefficient (Wildman–Crippen LogP) is 3.72. The van der Waals surface area contributed by atoms with Crippen molar-refractivity contribution in [2.45, 2.75) is 5.60 Å². The highest BCUT2D eigenvalue weighted by atomic mass is 16.5. The second-order valence-corrected chi connectivity index (χ2v) is 6.11. The van der Waals surface area contributed by atoms with Crippen LogP contribution in [0.1, 0.15) is 16.7 Å². The van der Waals surface area contributed by atoms with Crippen LogP contribution in [0.5, 0.6) is 11.5 Å². The van der Waals surface area contributed by atoms with E-state index >= 15 is 0 Å². The molecule has 28 heavy (non-hydrogen) atoms. The Balaban J connectivity index is 2.21. The van der Waals surface area contributed by atoms with Crippen LogP contribution in [0.4, 0.5) is 0 Å². The summed E-state index contributed by atoms with van der Waals surface area (Å²) in [5.41, 5.74) is 1.85. The van der Waals surface area contributed by atoms with Crippen molar-refractivity contribution in [2.75, 3.05) is 21.0 Å². The first-order valence-corrected chi connectivity index (χ1v) is 8.90. The highest BCUT2D eigenvalue weighted by Crippen LogP contribution is 2.41. The van der Waals surface area contributed by atoms with Crippen molar-refractivity contribution in [2.24, 2.45) is 0 Å². The molecule has 0 saturated heterocycles. The lowest BCUT2D eigenvalue weighted by Gasteiger charge is -2.35. The van der Waals surface area contributed by atoms with E-state index in [1.165, 1.54) is 0 Å². The van der Waals surface area contributed by atoms with Gasteiger partial charge in [-0.25, -0.2) is 0 Å². The van der Waals surface area contributed by atoms with E-state index in [1.807, 2.05) is 78.9 Å². The summed E-state index contributed by atoms with van der Waals surface area (Å²) in [5.74, 6) is 1.51. The topological polar surface area (TPSA) is 56.8 Å². The molecule has 144 valence electrons. The average Bonchev–Trinajstić information content (AvgIpc) is 2.78. The summed E-state index contributed by atoms with van der Waals surface area (Å²) in [5, 5.41) is 2.61. The summed E-state index contributed by atoms with van der Waals surface area (Å²) in [6.07, 6.45) is 0.623. The summed E-state index contributed by atoms with van der Waals surface area (Å²) in [4.78, 5) is 10.8. The number of methoxy groups -OCH3 is 2. The number of hydrogen-bond acceptors (Lipinski definition) is 4. The molecule has 0 spiro atoms. The Morgan fingerprint density at radius 3 is 1.64 bits per heavy atom. The van der Waals surface area contributed by atoms with Gasteiger partial charge in [-0.2, -0.15) is 0 Å². The van der Waals surface area contributed by atoms with Crippen LogP contribution < -0.4 is 14.8 Å². The van der Waals surface area contributed by atoms with E-state index in [4.69, 9.17) is 14.2 Å². The third-order valence-electron chi connectivity index (χ3n) is 4.63. The van der Waals surface area contributed by atoms with Gasteiger partial charge in [-0.05, 0) is 41.0 Å². The molecule has 3 aromatic rings. The maximum absolute atomic E-state index is 10.8. The van der Waals surface area contributed by atoms with Crippen LogP contribution in [0.2, 0.25) is 0 Å². The molecule has 0 radical (unpaired) electrons. The van der Waals surface area contributed by atoms with Gasteiger partial charge in [-0.15, -0.1) is 0 Å². The molecule has 5 heteroatoms. The van der Waals surface area contributed by atoms with Crippen LogP contribution in [0.15, 0.2) is 78.9 Å². The quantitative estimate of drug-likeness (QED) is 0.267. The maximum Gasteiger partial charge on any atom is 0.208 e. The Bertz CT molecular complexity index is 829. The third kappa shape index (κ3) is 3.85. The van der Waals surface area contributed by atoms with E-state index in [0.29, 0.717) is 6.41 Å². The number of nitrogens with one attached hydrogen (secondary N) is 1. The zero-order valence-electron chi connectivity index (χ0n) is 15.9. The number of hydrogen-bond donors (Lipinski definition) is 1. The van der Waals surface area contributed by atoms with Gasteiger partial charge in [-0.1, -0.05) is 54.6 Å². The molecule has 0 aliphatic heterocycles. The van der Waals surface area contributed by atoms with E-state index in [0.717, 1.165) is 28.2 Å². The minimum atomic E-state index is -0.921. The largest absolute Gasteiger partial charge is 0.497 e. The van der Waals surface area contributed by atoms with Crippen LogP contribution in [0.25, 0.3) is 0 Å². The molecular formula is C23H23NO4. The summed E-state index contributed by atoms with van der Waals surface area (Å²) in [6.45, 7) is 0.0520. The molecule has 5 nitrogen and oxygen atoms in total. The van der Waals surface area contributed by atoms with E-state index < -0.39 is 5.60 Å². The molecule has 0 aromatic heterocycles. The third-order valence-corrected chi connectivity index (χ3v) is 4.63. The van der Waals surface area contributed by atoms with Gasteiger partial charge in [0.1, 0.15) is 23.8 Å². The molecule has 0 saturated carbocycles. The number of carbonyl (C=O) groups excluding carboxylic acids is 1. The Kier molecular flexibility index (Phi) is 6.29. The second kappa shape index (κ2) is 9.06. The lowest BCUT2D eigenvalue weighted by Crippen LogP contribution is -2.36. The normalized spacial score (nSPS) is 10.9. The molecule has 3 aromatic carbocycles. The van der Waals surface area contributed by atoms with E-state index in [-0.39, 0.29) is 6.73 Å². The molecule has 1 amide bonds. The fraction of sp³-hybridized carbons (Fsp3) is 0.174. The Labute approximate surface area is 164 Å². The second-order valence-electron chi connectivity index (χ2n) is 6.11. The number of rotatable bonds is 9. The fourth-order valence-electron chi connectivity index (χ4n) is 3.26. The van der Waals surface area contributed by atoms with Crippen LogP contribution in [0.3, 0.4) is 0 Å². The number of amides is 1. The summed E-state index contributed by atoms with van der Waals surface area (Å²) in [7, 11) is 3.26. The van der Waals surface area contributed by atoms with Gasteiger partial charge in [0.15, 0.2) is 0 Å². The van der Waals surface area contributed by atoms with Crippen molar-refractivity contribution < 1.29 is 19.0 Å². The van der Waals surface area contributed by atoms with Gasteiger partial charge in [-0.3, -0.25) is 4.79 Å². The Morgan fingerprint density at radius 1 is 0.750 bits per heavy atom. The van der Waals surface area contributed by atoms with Crippen molar-refractivity contribution in [3.05, 3.63) is 95.6 Å². The summed E-state index contributed by atoms with van der Waals surface area (Å²) >= 11 is 0. The molecule has 0 bridgehead atoms. The smallest absolute Gasteiger partial charge is 0.208 e. The molecule has 0 aliphatic rings. The van der Waals surface area contributed by atoms with Crippen molar-refractivity contribution in [3.63, 3.8) is 0 Å². The van der Waals surface area contributed by atoms with Crippen molar-refractivity contribution in [1.29, 1.82) is 0 Å². The monoisotopic (exact) mass is 377 g/mol. The van der Waals surface area contributed by atoms with Gasteiger partial charge >= 0.3 is 0 Å². The van der Waals surface area contributed by atoms with E-state index in [1.54, 1.807) is 14.2 Å². The van der Waals surface area contributed by atoms with Gasteiger partial charge in [0.05, 0.1) is 14.2 Å². The number of benzene rings is 3. The average molecular weight is 377 g/mol. The lowest BCUT2D eigenvalue weighted by molar-refractivity contribution is -0.112. The van der Waals surface area contributed by atoms with Crippen LogP contribution in [0, 0.1) is 0 Å². The fourth-order valence-corrected chi connectivity index (χ4v) is 3.26. The van der Waals surface area contributed by atoms with Gasteiger partial charge in [0.25, 0.3) is 0 Å². The Hall–Kier alpha value is -3.31. The lowest BCUT2D eigenvalue weighted by atomic mass is 9.80. The molecular weight excluding hydrogens is 354 g/mol. The Morgan fingerprint density at radius 2 is 1.21 bits per heavy atom. The molecule has 1 N–H and O–H groups in total. The highest BCUT2D eigenvalue weighted by Gasteiger charge is 2.37. The van der Waals surface area contributed by atoms with Gasteiger partial charge in [0.2, 0.25) is 6.41 Å². The van der Waals surface area contributed by atoms with E-state index in [9.17, 15) is 4.79 Å². The molecule has 0 aliphatic carbocycles. The first-order valence-electron chi connectivity index (χ1n) is 8.90. The molecule has 0 heterocycles. The summed E-state index contributed by atoms with van der Waals surface area (Å²) < 4.78 is 17.0. The van der Waals surface area contributed by atoms with Crippen molar-refractivity contribution >= 4 is 6.41 Å². The minimum Gasteiger partial charge on any atom is -0.497 e. The first-order chi connectivity index (χ1) is 13.7. The SMILES string of the molecule is COc1ccc(C(OCNC=O)(c2ccccc2)c2ccc(OC)cc2)cc1. The van der Waals surface area contributed by atoms with Crippen molar-refractivity contribution in [3.8, 4) is 11.5 Å². The molecule has 3 rings (SSSR count). The van der Waals surface area contributed by atoms with Crippen molar-refractivity contribution in [1.82, 2.24) is 5.32 Å². The van der Waals surface area contributed by atoms with Crippen LogP contribution in [-0.2, 0) is 15.1 Å². The molecule has 0 atom stereocenters. The highest BCUT2D eigenvalue weighted by molar-refractivity contribution is 5.50. The number of carbonyl (C=O) groups is 1. The molecule has 0 unspecified atom stereocenters. The number of ether oxygens (including phenoxy) is 3.